The lowest BCUT2D eigenvalue weighted by atomic mass is 9.96. The number of carboxylic acid groups (broad SMARTS) is 2. The Morgan fingerprint density at radius 1 is 0.861 bits per heavy atom. The van der Waals surface area contributed by atoms with Crippen molar-refractivity contribution in [2.24, 2.45) is 17.6 Å². The molecule has 11 nitrogen and oxygen atoms in total. The number of benzene rings is 1. The van der Waals surface area contributed by atoms with Gasteiger partial charge in [-0.05, 0) is 30.2 Å². The first kappa shape index (κ1) is 30.6. The summed E-state index contributed by atoms with van der Waals surface area (Å²) in [7, 11) is 0. The number of aliphatic carboxylic acids is 2. The van der Waals surface area contributed by atoms with Gasteiger partial charge >= 0.3 is 11.9 Å². The summed E-state index contributed by atoms with van der Waals surface area (Å²) in [4.78, 5) is 61.1. The van der Waals surface area contributed by atoms with E-state index < -0.39 is 60.2 Å². The Hall–Kier alpha value is -3.47. The van der Waals surface area contributed by atoms with Gasteiger partial charge in [0.05, 0.1) is 12.5 Å². The van der Waals surface area contributed by atoms with E-state index in [2.05, 4.69) is 16.0 Å². The Morgan fingerprint density at radius 2 is 1.44 bits per heavy atom. The van der Waals surface area contributed by atoms with Crippen LogP contribution in [0.5, 0.6) is 0 Å². The maximum Gasteiger partial charge on any atom is 0.326 e. The second-order valence-corrected chi connectivity index (χ2v) is 9.36. The molecule has 36 heavy (non-hydrogen) atoms. The van der Waals surface area contributed by atoms with Gasteiger partial charge in [0.2, 0.25) is 17.7 Å². The van der Waals surface area contributed by atoms with Crippen LogP contribution < -0.4 is 21.7 Å². The summed E-state index contributed by atoms with van der Waals surface area (Å²) in [5.74, 6) is -5.19. The number of carboxylic acids is 2. The van der Waals surface area contributed by atoms with E-state index >= 15 is 0 Å². The third-order valence-electron chi connectivity index (χ3n) is 5.76. The van der Waals surface area contributed by atoms with Crippen LogP contribution in [0.2, 0.25) is 0 Å². The molecule has 1 aromatic carbocycles. The Balaban J connectivity index is 2.99. The van der Waals surface area contributed by atoms with Crippen LogP contribution >= 0.6 is 0 Å². The lowest BCUT2D eigenvalue weighted by molar-refractivity contribution is -0.147. The highest BCUT2D eigenvalue weighted by atomic mass is 16.4. The summed E-state index contributed by atoms with van der Waals surface area (Å²) < 4.78 is 0. The number of nitrogens with one attached hydrogen (secondary N) is 3. The fraction of sp³-hybridized carbons (Fsp3) is 0.560. The van der Waals surface area contributed by atoms with E-state index in [9.17, 15) is 29.1 Å². The topological polar surface area (TPSA) is 188 Å². The van der Waals surface area contributed by atoms with E-state index in [0.717, 1.165) is 5.56 Å². The standard InChI is InChI=1S/C25H38N4O7/c1-5-15(4)21(29-22(32)17(26)12-16-9-7-6-8-10-16)24(34)27-18(11-14(2)3)23(33)28-19(25(35)36)13-20(30)31/h6-10,14-15,17-19,21H,5,11-13,26H2,1-4H3,(H,27,34)(H,28,33)(H,29,32)(H,30,31)(H,35,36). The smallest absolute Gasteiger partial charge is 0.326 e. The van der Waals surface area contributed by atoms with Crippen LogP contribution in [0.1, 0.15) is 52.5 Å². The molecule has 7 N–H and O–H groups in total. The van der Waals surface area contributed by atoms with E-state index in [1.54, 1.807) is 6.92 Å². The highest BCUT2D eigenvalue weighted by Crippen LogP contribution is 2.12. The molecule has 0 fully saturated rings. The molecule has 1 rings (SSSR count). The predicted molar refractivity (Wildman–Crippen MR) is 133 cm³/mol. The molecule has 0 radical (unpaired) electrons. The van der Waals surface area contributed by atoms with E-state index in [-0.39, 0.29) is 24.7 Å². The Kier molecular flexibility index (Phi) is 12.6. The van der Waals surface area contributed by atoms with Crippen molar-refractivity contribution in [3.63, 3.8) is 0 Å². The van der Waals surface area contributed by atoms with Gasteiger partial charge in [0.15, 0.2) is 0 Å². The molecule has 5 atom stereocenters. The quantitative estimate of drug-likeness (QED) is 0.200. The van der Waals surface area contributed by atoms with Gasteiger partial charge in [0.1, 0.15) is 18.1 Å². The van der Waals surface area contributed by atoms with Crippen molar-refractivity contribution in [3.8, 4) is 0 Å². The normalized spacial score (nSPS) is 15.2. The first-order valence-electron chi connectivity index (χ1n) is 12.0. The molecule has 0 saturated carbocycles. The Bertz CT molecular complexity index is 907. The van der Waals surface area contributed by atoms with Crippen LogP contribution in [-0.4, -0.2) is 64.0 Å². The number of rotatable bonds is 15. The molecule has 200 valence electrons. The van der Waals surface area contributed by atoms with Crippen molar-refractivity contribution in [1.29, 1.82) is 0 Å². The molecule has 0 aromatic heterocycles. The lowest BCUT2D eigenvalue weighted by Gasteiger charge is -2.28. The van der Waals surface area contributed by atoms with Crippen LogP contribution in [-0.2, 0) is 30.4 Å². The molecule has 0 aliphatic carbocycles. The Morgan fingerprint density at radius 3 is 1.94 bits per heavy atom. The largest absolute Gasteiger partial charge is 0.481 e. The molecular weight excluding hydrogens is 468 g/mol. The number of nitrogens with two attached hydrogens (primary N) is 1. The average molecular weight is 507 g/mol. The molecule has 3 amide bonds. The van der Waals surface area contributed by atoms with Crippen LogP contribution in [0.3, 0.4) is 0 Å². The molecule has 0 spiro atoms. The molecule has 0 heterocycles. The van der Waals surface area contributed by atoms with Gasteiger partial charge in [0, 0.05) is 0 Å². The zero-order valence-electron chi connectivity index (χ0n) is 21.2. The lowest BCUT2D eigenvalue weighted by Crippen LogP contribution is -2.59. The van der Waals surface area contributed by atoms with Gasteiger partial charge in [0.25, 0.3) is 0 Å². The number of hydrogen-bond acceptors (Lipinski definition) is 6. The van der Waals surface area contributed by atoms with E-state index in [1.807, 2.05) is 51.1 Å². The Labute approximate surface area is 211 Å². The van der Waals surface area contributed by atoms with Crippen LogP contribution in [0.25, 0.3) is 0 Å². The maximum atomic E-state index is 13.2. The summed E-state index contributed by atoms with van der Waals surface area (Å²) in [6.45, 7) is 7.25. The summed E-state index contributed by atoms with van der Waals surface area (Å²) in [5, 5.41) is 25.6. The third kappa shape index (κ3) is 10.4. The van der Waals surface area contributed by atoms with Gasteiger partial charge in [-0.15, -0.1) is 0 Å². The van der Waals surface area contributed by atoms with Gasteiger partial charge in [-0.3, -0.25) is 19.2 Å². The van der Waals surface area contributed by atoms with E-state index in [1.165, 1.54) is 0 Å². The second-order valence-electron chi connectivity index (χ2n) is 9.36. The fourth-order valence-electron chi connectivity index (χ4n) is 3.53. The summed E-state index contributed by atoms with van der Waals surface area (Å²) in [6.07, 6.45) is 0.188. The van der Waals surface area contributed by atoms with Crippen molar-refractivity contribution in [2.45, 2.75) is 77.5 Å². The highest BCUT2D eigenvalue weighted by Gasteiger charge is 2.33. The minimum Gasteiger partial charge on any atom is -0.481 e. The van der Waals surface area contributed by atoms with Crippen LogP contribution in [0.4, 0.5) is 0 Å². The van der Waals surface area contributed by atoms with Gasteiger partial charge in [-0.25, -0.2) is 4.79 Å². The van der Waals surface area contributed by atoms with Crippen LogP contribution in [0, 0.1) is 11.8 Å². The molecule has 0 aliphatic rings. The molecule has 0 aliphatic heterocycles. The number of carbonyl (C=O) groups is 5. The van der Waals surface area contributed by atoms with Gasteiger partial charge in [-0.2, -0.15) is 0 Å². The SMILES string of the molecule is CCC(C)C(NC(=O)C(N)Cc1ccccc1)C(=O)NC(CC(C)C)C(=O)NC(CC(=O)O)C(=O)O. The predicted octanol–water partition coefficient (Wildman–Crippen LogP) is 0.662. The highest BCUT2D eigenvalue weighted by molar-refractivity contribution is 5.94. The van der Waals surface area contributed by atoms with Crippen molar-refractivity contribution in [1.82, 2.24) is 16.0 Å². The number of carbonyl (C=O) groups excluding carboxylic acids is 3. The second kappa shape index (κ2) is 14.8. The summed E-state index contributed by atoms with van der Waals surface area (Å²) in [5.41, 5.74) is 6.93. The molecule has 11 heteroatoms. The molecular formula is C25H38N4O7. The molecule has 1 aromatic rings. The van der Waals surface area contributed by atoms with Crippen molar-refractivity contribution < 1.29 is 34.2 Å². The third-order valence-corrected chi connectivity index (χ3v) is 5.76. The zero-order valence-corrected chi connectivity index (χ0v) is 21.2. The minimum atomic E-state index is -1.65. The van der Waals surface area contributed by atoms with Gasteiger partial charge in [-0.1, -0.05) is 64.4 Å². The van der Waals surface area contributed by atoms with Crippen molar-refractivity contribution >= 4 is 29.7 Å². The summed E-state index contributed by atoms with van der Waals surface area (Å²) in [6, 6.07) is 4.54. The first-order valence-corrected chi connectivity index (χ1v) is 12.0. The minimum absolute atomic E-state index is 0.0558. The van der Waals surface area contributed by atoms with Crippen LogP contribution in [0.15, 0.2) is 30.3 Å². The molecule has 5 unspecified atom stereocenters. The number of hydrogen-bond donors (Lipinski definition) is 6. The fourth-order valence-corrected chi connectivity index (χ4v) is 3.53. The molecule has 0 bridgehead atoms. The summed E-state index contributed by atoms with van der Waals surface area (Å²) >= 11 is 0. The van der Waals surface area contributed by atoms with Crippen molar-refractivity contribution in [2.75, 3.05) is 0 Å². The molecule has 0 saturated heterocycles. The maximum absolute atomic E-state index is 13.2. The van der Waals surface area contributed by atoms with E-state index in [4.69, 9.17) is 10.8 Å². The first-order chi connectivity index (χ1) is 16.8. The van der Waals surface area contributed by atoms with Gasteiger partial charge < -0.3 is 31.9 Å². The monoisotopic (exact) mass is 506 g/mol. The van der Waals surface area contributed by atoms with E-state index in [0.29, 0.717) is 6.42 Å². The van der Waals surface area contributed by atoms with Crippen molar-refractivity contribution in [3.05, 3.63) is 35.9 Å². The average Bonchev–Trinajstić information content (AvgIpc) is 2.80. The zero-order chi connectivity index (χ0) is 27.4. The number of amides is 3.